The fraction of sp³-hybridized carbons (Fsp3) is 1.00. The number of hydrogen-bond donors (Lipinski definition) is 2. The molecule has 5 nitrogen and oxygen atoms in total. The van der Waals surface area contributed by atoms with Crippen LogP contribution in [0.1, 0.15) is 26.2 Å². The highest BCUT2D eigenvalue weighted by Gasteiger charge is 2.26. The number of epoxide rings is 2. The van der Waals surface area contributed by atoms with Crippen LogP contribution in [-0.4, -0.2) is 61.6 Å². The van der Waals surface area contributed by atoms with Gasteiger partial charge >= 0.3 is 0 Å². The van der Waals surface area contributed by atoms with Crippen molar-refractivity contribution < 1.29 is 24.4 Å². The molecule has 0 bridgehead atoms. The summed E-state index contributed by atoms with van der Waals surface area (Å²) in [6.07, 6.45) is 3.12. The Kier molecular flexibility index (Phi) is 7.72. The Morgan fingerprint density at radius 1 is 1.18 bits per heavy atom. The van der Waals surface area contributed by atoms with Crippen LogP contribution in [-0.2, 0) is 14.2 Å². The highest BCUT2D eigenvalue weighted by Crippen LogP contribution is 2.12. The van der Waals surface area contributed by atoms with Gasteiger partial charge in [0.1, 0.15) is 12.2 Å². The summed E-state index contributed by atoms with van der Waals surface area (Å²) in [5.41, 5.74) is 0. The van der Waals surface area contributed by atoms with Crippen LogP contribution in [0.25, 0.3) is 0 Å². The van der Waals surface area contributed by atoms with Crippen LogP contribution in [0, 0.1) is 0 Å². The Labute approximate surface area is 103 Å². The molecule has 2 aliphatic heterocycles. The minimum absolute atomic E-state index is 0.207. The molecule has 0 spiro atoms. The second-order valence-corrected chi connectivity index (χ2v) is 4.52. The molecular weight excluding hydrogens is 224 g/mol. The summed E-state index contributed by atoms with van der Waals surface area (Å²) in [5, 5.41) is 17.0. The number of aliphatic hydroxyl groups is 2. The molecule has 0 aromatic heterocycles. The van der Waals surface area contributed by atoms with Crippen molar-refractivity contribution >= 4 is 0 Å². The van der Waals surface area contributed by atoms with Crippen molar-refractivity contribution in [2.24, 2.45) is 0 Å². The second-order valence-electron chi connectivity index (χ2n) is 4.52. The van der Waals surface area contributed by atoms with Crippen LogP contribution in [0.15, 0.2) is 0 Å². The topological polar surface area (TPSA) is 74.8 Å². The number of aliphatic hydroxyl groups excluding tert-OH is 2. The van der Waals surface area contributed by atoms with Crippen molar-refractivity contribution in [3.8, 4) is 0 Å². The van der Waals surface area contributed by atoms with Gasteiger partial charge in [0.25, 0.3) is 0 Å². The van der Waals surface area contributed by atoms with E-state index in [1.54, 1.807) is 6.92 Å². The molecule has 102 valence electrons. The highest BCUT2D eigenvalue weighted by molar-refractivity contribution is 4.71. The monoisotopic (exact) mass is 248 g/mol. The zero-order valence-electron chi connectivity index (χ0n) is 10.5. The van der Waals surface area contributed by atoms with E-state index in [9.17, 15) is 0 Å². The third-order valence-corrected chi connectivity index (χ3v) is 2.44. The van der Waals surface area contributed by atoms with Crippen molar-refractivity contribution in [2.45, 2.75) is 44.5 Å². The largest absolute Gasteiger partial charge is 0.396 e. The van der Waals surface area contributed by atoms with Gasteiger partial charge in [0, 0.05) is 6.61 Å². The molecule has 2 rings (SSSR count). The molecule has 3 atom stereocenters. The molecular formula is C12H24O5. The van der Waals surface area contributed by atoms with E-state index in [1.807, 2.05) is 0 Å². The molecule has 2 aliphatic rings. The van der Waals surface area contributed by atoms with Crippen LogP contribution in [0.4, 0.5) is 0 Å². The van der Waals surface area contributed by atoms with Crippen LogP contribution in [0.2, 0.25) is 0 Å². The van der Waals surface area contributed by atoms with Crippen molar-refractivity contribution in [2.75, 3.05) is 33.0 Å². The predicted octanol–water partition coefficient (Wildman–Crippen LogP) is 0.330. The summed E-state index contributed by atoms with van der Waals surface area (Å²) in [5.74, 6) is 0. The average molecular weight is 248 g/mol. The quantitative estimate of drug-likeness (QED) is 0.478. The molecule has 0 amide bonds. The number of rotatable bonds is 8. The van der Waals surface area contributed by atoms with Crippen LogP contribution < -0.4 is 0 Å². The van der Waals surface area contributed by atoms with Gasteiger partial charge < -0.3 is 24.4 Å². The first-order chi connectivity index (χ1) is 8.22. The third-order valence-electron chi connectivity index (χ3n) is 2.44. The van der Waals surface area contributed by atoms with E-state index in [1.165, 1.54) is 0 Å². The fourth-order valence-corrected chi connectivity index (χ4v) is 1.21. The summed E-state index contributed by atoms with van der Waals surface area (Å²) in [7, 11) is 0. The molecule has 2 saturated heterocycles. The van der Waals surface area contributed by atoms with Crippen molar-refractivity contribution in [3.63, 3.8) is 0 Å². The Bertz CT molecular complexity index is 166. The normalized spacial score (nSPS) is 27.0. The van der Waals surface area contributed by atoms with E-state index in [-0.39, 0.29) is 12.7 Å². The zero-order chi connectivity index (χ0) is 12.5. The van der Waals surface area contributed by atoms with E-state index >= 15 is 0 Å². The molecule has 0 saturated carbocycles. The van der Waals surface area contributed by atoms with Crippen LogP contribution in [0.3, 0.4) is 0 Å². The molecule has 0 radical (unpaired) electrons. The van der Waals surface area contributed by atoms with Gasteiger partial charge in [-0.2, -0.15) is 0 Å². The maximum Gasteiger partial charge on any atom is 0.104 e. The lowest BCUT2D eigenvalue weighted by Crippen LogP contribution is -2.06. The Hall–Kier alpha value is -0.200. The highest BCUT2D eigenvalue weighted by atomic mass is 16.6. The first-order valence-corrected chi connectivity index (χ1v) is 6.32. The van der Waals surface area contributed by atoms with E-state index in [0.717, 1.165) is 45.7 Å². The molecule has 17 heavy (non-hydrogen) atoms. The number of unbranched alkanes of at least 4 members (excludes halogenated alkanes) is 1. The van der Waals surface area contributed by atoms with Gasteiger partial charge in [-0.25, -0.2) is 0 Å². The first kappa shape index (κ1) is 14.9. The molecule has 5 heteroatoms. The standard InChI is InChI=1S/C6H10O3.C6H14O2/c1(5-3-8-5)7-2-6-4-9-6;1-6(8)4-2-3-5-7/h5-6H,1-4H2;6-8H,2-5H2,1H3. The van der Waals surface area contributed by atoms with Gasteiger partial charge in [0.15, 0.2) is 0 Å². The fourth-order valence-electron chi connectivity index (χ4n) is 1.21. The van der Waals surface area contributed by atoms with Gasteiger partial charge in [-0.1, -0.05) is 0 Å². The Morgan fingerprint density at radius 3 is 2.06 bits per heavy atom. The Morgan fingerprint density at radius 2 is 1.71 bits per heavy atom. The van der Waals surface area contributed by atoms with E-state index < -0.39 is 0 Å². The lowest BCUT2D eigenvalue weighted by Gasteiger charge is -1.99. The second kappa shape index (κ2) is 8.83. The van der Waals surface area contributed by atoms with Gasteiger partial charge in [-0.05, 0) is 26.2 Å². The van der Waals surface area contributed by atoms with Gasteiger partial charge in [-0.3, -0.25) is 0 Å². The minimum atomic E-state index is -0.207. The summed E-state index contributed by atoms with van der Waals surface area (Å²) in [6.45, 7) is 5.26. The predicted molar refractivity (Wildman–Crippen MR) is 62.9 cm³/mol. The van der Waals surface area contributed by atoms with E-state index in [4.69, 9.17) is 24.4 Å². The van der Waals surface area contributed by atoms with Crippen molar-refractivity contribution in [1.29, 1.82) is 0 Å². The molecule has 0 aliphatic carbocycles. The Balaban J connectivity index is 0.000000172. The summed E-state index contributed by atoms with van der Waals surface area (Å²) >= 11 is 0. The molecule has 2 N–H and O–H groups in total. The molecule has 3 unspecified atom stereocenters. The average Bonchev–Trinajstić information content (AvgIpc) is 3.13. The smallest absolute Gasteiger partial charge is 0.104 e. The van der Waals surface area contributed by atoms with Crippen LogP contribution in [0.5, 0.6) is 0 Å². The zero-order valence-corrected chi connectivity index (χ0v) is 10.5. The van der Waals surface area contributed by atoms with Gasteiger partial charge in [0.05, 0.1) is 32.5 Å². The number of hydrogen-bond acceptors (Lipinski definition) is 5. The van der Waals surface area contributed by atoms with Crippen molar-refractivity contribution in [3.05, 3.63) is 0 Å². The molecule has 0 aromatic rings. The number of ether oxygens (including phenoxy) is 3. The SMILES string of the molecule is C(OCC1CO1)C1CO1.CC(O)CCCCO. The van der Waals surface area contributed by atoms with E-state index in [0.29, 0.717) is 12.2 Å². The molecule has 2 fully saturated rings. The third kappa shape index (κ3) is 10.7. The molecule has 2 heterocycles. The summed E-state index contributed by atoms with van der Waals surface area (Å²) < 4.78 is 15.1. The minimum Gasteiger partial charge on any atom is -0.396 e. The summed E-state index contributed by atoms with van der Waals surface area (Å²) in [4.78, 5) is 0. The summed E-state index contributed by atoms with van der Waals surface area (Å²) in [6, 6.07) is 0. The van der Waals surface area contributed by atoms with E-state index in [2.05, 4.69) is 0 Å². The molecule has 0 aromatic carbocycles. The lowest BCUT2D eigenvalue weighted by molar-refractivity contribution is 0.102. The maximum atomic E-state index is 8.70. The van der Waals surface area contributed by atoms with Gasteiger partial charge in [0.2, 0.25) is 0 Å². The maximum absolute atomic E-state index is 8.70. The van der Waals surface area contributed by atoms with Crippen molar-refractivity contribution in [1.82, 2.24) is 0 Å². The lowest BCUT2D eigenvalue weighted by atomic mass is 10.2. The first-order valence-electron chi connectivity index (χ1n) is 6.32. The van der Waals surface area contributed by atoms with Crippen LogP contribution >= 0.6 is 0 Å². The van der Waals surface area contributed by atoms with Gasteiger partial charge in [-0.15, -0.1) is 0 Å².